The van der Waals surface area contributed by atoms with Crippen LogP contribution in [0, 0.1) is 5.92 Å². The summed E-state index contributed by atoms with van der Waals surface area (Å²) >= 11 is 6.32. The molecule has 1 saturated heterocycles. The minimum Gasteiger partial charge on any atom is -0.462 e. The first-order chi connectivity index (χ1) is 13.7. The molecule has 0 radical (unpaired) electrons. The lowest BCUT2D eigenvalue weighted by molar-refractivity contribution is 0.0373. The highest BCUT2D eigenvalue weighted by atomic mass is 35.5. The molecule has 4 rings (SSSR count). The average Bonchev–Trinajstić information content (AvgIpc) is 3.09. The Balaban J connectivity index is 1.41. The van der Waals surface area contributed by atoms with Crippen LogP contribution in [0.15, 0.2) is 16.5 Å². The molecule has 0 atom stereocenters. The lowest BCUT2D eigenvalue weighted by atomic mass is 9.95. The standard InChI is InChI=1S/C23H30ClNO3/c1-2-3-10-25-11-8-16(9-12-25)15-27-23(26)20-14-17(24)13-19-18-6-4-5-7-21(18)28-22(19)20/h13-14,16H,2-12,15H2,1H3. The number of likely N-dealkylation sites (tertiary alicyclic amines) is 1. The van der Waals surface area contributed by atoms with Crippen LogP contribution in [0.5, 0.6) is 0 Å². The van der Waals surface area contributed by atoms with Gasteiger partial charge < -0.3 is 14.1 Å². The number of ether oxygens (including phenoxy) is 1. The minimum absolute atomic E-state index is 0.313. The first-order valence-electron chi connectivity index (χ1n) is 10.8. The van der Waals surface area contributed by atoms with Gasteiger partial charge in [0.1, 0.15) is 16.9 Å². The van der Waals surface area contributed by atoms with Crippen LogP contribution in [0.1, 0.15) is 67.1 Å². The van der Waals surface area contributed by atoms with Crippen molar-refractivity contribution in [2.24, 2.45) is 5.92 Å². The Hall–Kier alpha value is -1.52. The molecule has 2 heterocycles. The van der Waals surface area contributed by atoms with E-state index in [0.717, 1.165) is 62.8 Å². The highest BCUT2D eigenvalue weighted by molar-refractivity contribution is 6.32. The van der Waals surface area contributed by atoms with Crippen LogP contribution in [0.2, 0.25) is 5.02 Å². The Bertz CT molecular complexity index is 836. The summed E-state index contributed by atoms with van der Waals surface area (Å²) in [6.45, 7) is 6.11. The second-order valence-electron chi connectivity index (χ2n) is 8.28. The molecule has 0 bridgehead atoms. The number of hydrogen-bond donors (Lipinski definition) is 0. The van der Waals surface area contributed by atoms with Gasteiger partial charge in [-0.3, -0.25) is 0 Å². The van der Waals surface area contributed by atoms with E-state index in [1.807, 2.05) is 6.07 Å². The average molecular weight is 404 g/mol. The van der Waals surface area contributed by atoms with Crippen molar-refractivity contribution in [3.63, 3.8) is 0 Å². The minimum atomic E-state index is -0.313. The lowest BCUT2D eigenvalue weighted by Crippen LogP contribution is -2.36. The highest BCUT2D eigenvalue weighted by Crippen LogP contribution is 2.36. The van der Waals surface area contributed by atoms with Crippen LogP contribution in [-0.2, 0) is 17.6 Å². The molecule has 0 spiro atoms. The van der Waals surface area contributed by atoms with Crippen LogP contribution < -0.4 is 0 Å². The molecule has 5 heteroatoms. The van der Waals surface area contributed by atoms with Gasteiger partial charge in [-0.25, -0.2) is 4.79 Å². The van der Waals surface area contributed by atoms with E-state index in [2.05, 4.69) is 11.8 Å². The third-order valence-corrected chi connectivity index (χ3v) is 6.44. The summed E-state index contributed by atoms with van der Waals surface area (Å²) < 4.78 is 11.8. The van der Waals surface area contributed by atoms with E-state index in [1.54, 1.807) is 6.07 Å². The monoisotopic (exact) mass is 403 g/mol. The maximum atomic E-state index is 12.8. The van der Waals surface area contributed by atoms with Crippen molar-refractivity contribution in [2.45, 2.75) is 58.3 Å². The summed E-state index contributed by atoms with van der Waals surface area (Å²) in [5, 5.41) is 1.55. The SMILES string of the molecule is CCCCN1CCC(COC(=O)c2cc(Cl)cc3c4c(oc23)CCCC4)CC1. The van der Waals surface area contributed by atoms with E-state index in [9.17, 15) is 4.79 Å². The number of benzene rings is 1. The molecule has 1 aromatic carbocycles. The number of furan rings is 1. The van der Waals surface area contributed by atoms with E-state index in [1.165, 1.54) is 24.9 Å². The van der Waals surface area contributed by atoms with Gasteiger partial charge in [0.05, 0.1) is 6.61 Å². The van der Waals surface area contributed by atoms with Crippen molar-refractivity contribution in [3.05, 3.63) is 34.0 Å². The van der Waals surface area contributed by atoms with E-state index < -0.39 is 0 Å². The number of carbonyl (C=O) groups excluding carboxylic acids is 1. The largest absolute Gasteiger partial charge is 0.462 e. The van der Waals surface area contributed by atoms with Gasteiger partial charge in [-0.2, -0.15) is 0 Å². The number of fused-ring (bicyclic) bond motifs is 3. The van der Waals surface area contributed by atoms with Crippen LogP contribution in [0.3, 0.4) is 0 Å². The van der Waals surface area contributed by atoms with Crippen molar-refractivity contribution < 1.29 is 13.9 Å². The van der Waals surface area contributed by atoms with Crippen LogP contribution in [0.4, 0.5) is 0 Å². The third kappa shape index (κ3) is 4.23. The maximum Gasteiger partial charge on any atom is 0.342 e. The molecule has 1 fully saturated rings. The number of rotatable bonds is 6. The Morgan fingerprint density at radius 1 is 1.25 bits per heavy atom. The summed E-state index contributed by atoms with van der Waals surface area (Å²) in [5.41, 5.74) is 2.34. The lowest BCUT2D eigenvalue weighted by Gasteiger charge is -2.31. The second-order valence-corrected chi connectivity index (χ2v) is 8.71. The molecule has 2 aliphatic rings. The zero-order chi connectivity index (χ0) is 19.5. The van der Waals surface area contributed by atoms with Gasteiger partial charge in [-0.15, -0.1) is 0 Å². The summed E-state index contributed by atoms with van der Waals surface area (Å²) in [6, 6.07) is 3.61. The highest BCUT2D eigenvalue weighted by Gasteiger charge is 2.25. The second kappa shape index (κ2) is 8.87. The van der Waals surface area contributed by atoms with Crippen molar-refractivity contribution >= 4 is 28.5 Å². The normalized spacial score (nSPS) is 18.4. The number of carbonyl (C=O) groups is 1. The van der Waals surface area contributed by atoms with Gasteiger partial charge in [-0.1, -0.05) is 24.9 Å². The third-order valence-electron chi connectivity index (χ3n) is 6.23. The summed E-state index contributed by atoms with van der Waals surface area (Å²) in [7, 11) is 0. The smallest absolute Gasteiger partial charge is 0.342 e. The van der Waals surface area contributed by atoms with Crippen molar-refractivity contribution in [1.82, 2.24) is 4.90 Å². The molecule has 0 amide bonds. The molecular weight excluding hydrogens is 374 g/mol. The van der Waals surface area contributed by atoms with Gasteiger partial charge in [0.2, 0.25) is 0 Å². The number of aryl methyl sites for hydroxylation is 2. The fraction of sp³-hybridized carbons (Fsp3) is 0.609. The Morgan fingerprint density at radius 2 is 2.04 bits per heavy atom. The fourth-order valence-corrected chi connectivity index (χ4v) is 4.73. The maximum absolute atomic E-state index is 12.8. The number of piperidine rings is 1. The van der Waals surface area contributed by atoms with Gasteiger partial charge in [0.15, 0.2) is 0 Å². The fourth-order valence-electron chi connectivity index (χ4n) is 4.51. The molecule has 28 heavy (non-hydrogen) atoms. The molecule has 1 aliphatic heterocycles. The molecule has 152 valence electrons. The Labute approximate surface area is 172 Å². The van der Waals surface area contributed by atoms with Gasteiger partial charge in [0.25, 0.3) is 0 Å². The molecule has 0 N–H and O–H groups in total. The number of hydrogen-bond acceptors (Lipinski definition) is 4. The molecule has 2 aromatic rings. The van der Waals surface area contributed by atoms with Crippen molar-refractivity contribution in [1.29, 1.82) is 0 Å². The van der Waals surface area contributed by atoms with Crippen LogP contribution in [0.25, 0.3) is 11.0 Å². The zero-order valence-electron chi connectivity index (χ0n) is 16.8. The van der Waals surface area contributed by atoms with E-state index in [0.29, 0.717) is 28.7 Å². The molecular formula is C23H30ClNO3. The quantitative estimate of drug-likeness (QED) is 0.586. The van der Waals surface area contributed by atoms with E-state index >= 15 is 0 Å². The number of esters is 1. The van der Waals surface area contributed by atoms with Crippen molar-refractivity contribution in [3.8, 4) is 0 Å². The first kappa shape index (κ1) is 19.8. The summed E-state index contributed by atoms with van der Waals surface area (Å²) in [5.74, 6) is 1.14. The predicted molar refractivity (Wildman–Crippen MR) is 112 cm³/mol. The Morgan fingerprint density at radius 3 is 2.82 bits per heavy atom. The zero-order valence-corrected chi connectivity index (χ0v) is 17.5. The van der Waals surface area contributed by atoms with Gasteiger partial charge in [0, 0.05) is 22.4 Å². The molecule has 1 aromatic heterocycles. The first-order valence-corrected chi connectivity index (χ1v) is 11.2. The number of nitrogens with zero attached hydrogens (tertiary/aromatic N) is 1. The summed E-state index contributed by atoms with van der Waals surface area (Å²) in [6.07, 6.45) is 8.91. The van der Waals surface area contributed by atoms with E-state index in [-0.39, 0.29) is 5.97 Å². The number of halogens is 1. The van der Waals surface area contributed by atoms with Crippen molar-refractivity contribution in [2.75, 3.05) is 26.2 Å². The van der Waals surface area contributed by atoms with Gasteiger partial charge in [-0.05, 0) is 76.2 Å². The molecule has 4 nitrogen and oxygen atoms in total. The molecule has 0 unspecified atom stereocenters. The molecule has 1 aliphatic carbocycles. The van der Waals surface area contributed by atoms with Gasteiger partial charge >= 0.3 is 5.97 Å². The molecule has 0 saturated carbocycles. The summed E-state index contributed by atoms with van der Waals surface area (Å²) in [4.78, 5) is 15.3. The topological polar surface area (TPSA) is 42.7 Å². The number of unbranched alkanes of at least 4 members (excludes halogenated alkanes) is 1. The van der Waals surface area contributed by atoms with Crippen LogP contribution in [-0.4, -0.2) is 37.1 Å². The van der Waals surface area contributed by atoms with E-state index in [4.69, 9.17) is 20.8 Å². The van der Waals surface area contributed by atoms with Crippen LogP contribution >= 0.6 is 11.6 Å². The Kier molecular flexibility index (Phi) is 6.27. The predicted octanol–water partition coefficient (Wildman–Crippen LogP) is 5.63.